The van der Waals surface area contributed by atoms with Crippen molar-refractivity contribution in [2.45, 2.75) is 0 Å². The van der Waals surface area contributed by atoms with E-state index in [-0.39, 0.29) is 0 Å². The lowest BCUT2D eigenvalue weighted by atomic mass is 10.0. The summed E-state index contributed by atoms with van der Waals surface area (Å²) in [6.45, 7) is 0. The Morgan fingerprint density at radius 1 is 0.389 bits per heavy atom. The van der Waals surface area contributed by atoms with E-state index in [4.69, 9.17) is 15.0 Å². The van der Waals surface area contributed by atoms with Gasteiger partial charge in [0, 0.05) is 34.6 Å². The SMILES string of the molecule is c1ccc(-c2nc(-c3ccccc3)nc(-c3cccc(-c4ccc(-c5cnccn5)cc4)c3)n2)cc1. The molecule has 5 nitrogen and oxygen atoms in total. The van der Waals surface area contributed by atoms with Gasteiger partial charge >= 0.3 is 0 Å². The van der Waals surface area contributed by atoms with Crippen LogP contribution in [0.1, 0.15) is 0 Å². The zero-order valence-electron chi connectivity index (χ0n) is 19.4. The van der Waals surface area contributed by atoms with Gasteiger partial charge in [0.25, 0.3) is 0 Å². The summed E-state index contributed by atoms with van der Waals surface area (Å²) in [6.07, 6.45) is 5.15. The monoisotopic (exact) mass is 463 g/mol. The number of aromatic nitrogens is 5. The minimum absolute atomic E-state index is 0.640. The maximum atomic E-state index is 4.85. The van der Waals surface area contributed by atoms with Gasteiger partial charge in [0.05, 0.1) is 11.9 Å². The highest BCUT2D eigenvalue weighted by Crippen LogP contribution is 2.29. The molecule has 0 amide bonds. The Bertz CT molecular complexity index is 1540. The second-order valence-corrected chi connectivity index (χ2v) is 8.29. The molecule has 6 aromatic rings. The fourth-order valence-corrected chi connectivity index (χ4v) is 4.06. The number of hydrogen-bond acceptors (Lipinski definition) is 5. The number of rotatable bonds is 5. The fourth-order valence-electron chi connectivity index (χ4n) is 4.06. The lowest BCUT2D eigenvalue weighted by Crippen LogP contribution is -2.00. The maximum absolute atomic E-state index is 4.85. The van der Waals surface area contributed by atoms with E-state index in [1.807, 2.05) is 72.8 Å². The van der Waals surface area contributed by atoms with Crippen molar-refractivity contribution in [1.29, 1.82) is 0 Å². The van der Waals surface area contributed by atoms with Crippen molar-refractivity contribution in [3.8, 4) is 56.5 Å². The number of nitrogens with zero attached hydrogens (tertiary/aromatic N) is 5. The molecule has 0 atom stereocenters. The van der Waals surface area contributed by atoms with Crippen LogP contribution < -0.4 is 0 Å². The second-order valence-electron chi connectivity index (χ2n) is 8.29. The minimum atomic E-state index is 0.640. The third-order valence-corrected chi connectivity index (χ3v) is 5.90. The summed E-state index contributed by atoms with van der Waals surface area (Å²) in [4.78, 5) is 23.0. The van der Waals surface area contributed by atoms with Crippen molar-refractivity contribution in [3.05, 3.63) is 128 Å². The molecule has 0 saturated carbocycles. The summed E-state index contributed by atoms with van der Waals surface area (Å²) in [6, 6.07) is 36.6. The van der Waals surface area contributed by atoms with Crippen LogP contribution in [0.25, 0.3) is 56.5 Å². The smallest absolute Gasteiger partial charge is 0.164 e. The first kappa shape index (κ1) is 21.5. The first-order valence-corrected chi connectivity index (χ1v) is 11.7. The third kappa shape index (κ3) is 4.50. The molecule has 0 N–H and O–H groups in total. The van der Waals surface area contributed by atoms with Crippen molar-refractivity contribution >= 4 is 0 Å². The molecular formula is C31H21N5. The van der Waals surface area contributed by atoms with E-state index in [0.717, 1.165) is 39.1 Å². The molecule has 6 rings (SSSR count). The highest BCUT2D eigenvalue weighted by molar-refractivity contribution is 5.74. The summed E-state index contributed by atoms with van der Waals surface area (Å²) in [5.74, 6) is 1.94. The molecule has 0 fully saturated rings. The third-order valence-electron chi connectivity index (χ3n) is 5.90. The van der Waals surface area contributed by atoms with E-state index in [1.165, 1.54) is 0 Å². The summed E-state index contributed by atoms with van der Waals surface area (Å²) >= 11 is 0. The van der Waals surface area contributed by atoms with Crippen LogP contribution in [-0.4, -0.2) is 24.9 Å². The van der Waals surface area contributed by atoms with E-state index in [0.29, 0.717) is 17.5 Å². The predicted octanol–water partition coefficient (Wildman–Crippen LogP) is 7.00. The first-order valence-electron chi connectivity index (χ1n) is 11.7. The molecule has 0 aliphatic heterocycles. The van der Waals surface area contributed by atoms with Crippen LogP contribution in [0.2, 0.25) is 0 Å². The predicted molar refractivity (Wildman–Crippen MR) is 143 cm³/mol. The van der Waals surface area contributed by atoms with Gasteiger partial charge in [-0.15, -0.1) is 0 Å². The van der Waals surface area contributed by atoms with Crippen molar-refractivity contribution in [1.82, 2.24) is 24.9 Å². The van der Waals surface area contributed by atoms with Gasteiger partial charge < -0.3 is 0 Å². The van der Waals surface area contributed by atoms with E-state index in [9.17, 15) is 0 Å². The molecule has 0 bridgehead atoms. The largest absolute Gasteiger partial charge is 0.261 e. The summed E-state index contributed by atoms with van der Waals surface area (Å²) < 4.78 is 0. The Labute approximate surface area is 209 Å². The van der Waals surface area contributed by atoms with Gasteiger partial charge in [-0.2, -0.15) is 0 Å². The molecule has 2 aromatic heterocycles. The molecular weight excluding hydrogens is 442 g/mol. The van der Waals surface area contributed by atoms with Crippen LogP contribution in [-0.2, 0) is 0 Å². The molecule has 0 unspecified atom stereocenters. The van der Waals surface area contributed by atoms with Gasteiger partial charge in [-0.3, -0.25) is 9.97 Å². The summed E-state index contributed by atoms with van der Waals surface area (Å²) in [5.41, 5.74) is 6.90. The van der Waals surface area contributed by atoms with E-state index < -0.39 is 0 Å². The van der Waals surface area contributed by atoms with Gasteiger partial charge in [-0.1, -0.05) is 103 Å². The maximum Gasteiger partial charge on any atom is 0.164 e. The molecule has 5 heteroatoms. The molecule has 0 aliphatic rings. The molecule has 2 heterocycles. The lowest BCUT2D eigenvalue weighted by Gasteiger charge is -2.10. The average Bonchev–Trinajstić information content (AvgIpc) is 2.98. The topological polar surface area (TPSA) is 64.5 Å². The van der Waals surface area contributed by atoms with Gasteiger partial charge in [0.15, 0.2) is 17.5 Å². The van der Waals surface area contributed by atoms with Crippen molar-refractivity contribution < 1.29 is 0 Å². The van der Waals surface area contributed by atoms with Crippen LogP contribution in [0.4, 0.5) is 0 Å². The number of benzene rings is 4. The fraction of sp³-hybridized carbons (Fsp3) is 0. The standard InChI is InChI=1S/C31H21N5/c1-3-8-24(9-4-1)29-34-30(25-10-5-2-6-11-25)36-31(35-29)27-13-7-12-26(20-27)22-14-16-23(17-15-22)28-21-32-18-19-33-28/h1-21H. The molecule has 4 aromatic carbocycles. The zero-order valence-corrected chi connectivity index (χ0v) is 19.4. The Morgan fingerprint density at radius 2 is 0.917 bits per heavy atom. The summed E-state index contributed by atoms with van der Waals surface area (Å²) in [5, 5.41) is 0. The quantitative estimate of drug-likeness (QED) is 0.275. The van der Waals surface area contributed by atoms with Crippen LogP contribution in [0.15, 0.2) is 128 Å². The van der Waals surface area contributed by atoms with Gasteiger partial charge in [-0.05, 0) is 17.2 Å². The van der Waals surface area contributed by atoms with Crippen LogP contribution in [0, 0.1) is 0 Å². The molecule has 0 aliphatic carbocycles. The van der Waals surface area contributed by atoms with Crippen molar-refractivity contribution in [2.24, 2.45) is 0 Å². The highest BCUT2D eigenvalue weighted by Gasteiger charge is 2.12. The van der Waals surface area contributed by atoms with Crippen LogP contribution in [0.3, 0.4) is 0 Å². The van der Waals surface area contributed by atoms with E-state index in [2.05, 4.69) is 46.4 Å². The Morgan fingerprint density at radius 3 is 1.50 bits per heavy atom. The molecule has 36 heavy (non-hydrogen) atoms. The molecule has 170 valence electrons. The minimum Gasteiger partial charge on any atom is -0.261 e. The normalized spacial score (nSPS) is 10.8. The zero-order chi connectivity index (χ0) is 24.2. The highest BCUT2D eigenvalue weighted by atomic mass is 15.0. The van der Waals surface area contributed by atoms with E-state index in [1.54, 1.807) is 18.6 Å². The first-order chi connectivity index (χ1) is 17.8. The van der Waals surface area contributed by atoms with Crippen LogP contribution in [0.5, 0.6) is 0 Å². The van der Waals surface area contributed by atoms with Crippen molar-refractivity contribution in [3.63, 3.8) is 0 Å². The Balaban J connectivity index is 1.41. The molecule has 0 saturated heterocycles. The van der Waals surface area contributed by atoms with Gasteiger partial charge in [0.2, 0.25) is 0 Å². The Hall–Kier alpha value is -5.03. The molecule has 0 spiro atoms. The van der Waals surface area contributed by atoms with E-state index >= 15 is 0 Å². The lowest BCUT2D eigenvalue weighted by molar-refractivity contribution is 1.07. The molecule has 0 radical (unpaired) electrons. The van der Waals surface area contributed by atoms with Crippen molar-refractivity contribution in [2.75, 3.05) is 0 Å². The average molecular weight is 464 g/mol. The number of hydrogen-bond donors (Lipinski definition) is 0. The second kappa shape index (κ2) is 9.68. The van der Waals surface area contributed by atoms with Gasteiger partial charge in [0.1, 0.15) is 0 Å². The van der Waals surface area contributed by atoms with Gasteiger partial charge in [-0.25, -0.2) is 15.0 Å². The Kier molecular flexibility index (Phi) is 5.78. The summed E-state index contributed by atoms with van der Waals surface area (Å²) in [7, 11) is 0. The van der Waals surface area contributed by atoms with Crippen LogP contribution >= 0.6 is 0 Å².